The van der Waals surface area contributed by atoms with E-state index < -0.39 is 6.85 Å². The molecule has 1 aromatic rings. The predicted molar refractivity (Wildman–Crippen MR) is 69.1 cm³/mol. The molecule has 0 radical (unpaired) electrons. The quantitative estimate of drug-likeness (QED) is 0.652. The molecular weight excluding hydrogens is 250 g/mol. The van der Waals surface area contributed by atoms with Gasteiger partial charge in [-0.15, -0.1) is 0 Å². The summed E-state index contributed by atoms with van der Waals surface area (Å²) >= 11 is 11.4. The summed E-state index contributed by atoms with van der Waals surface area (Å²) in [6.45, 7) is 7.00. The van der Waals surface area contributed by atoms with Crippen LogP contribution in [0.15, 0.2) is 18.2 Å². The summed E-state index contributed by atoms with van der Waals surface area (Å²) in [6, 6.07) is 6.07. The van der Waals surface area contributed by atoms with E-state index in [0.717, 1.165) is 16.9 Å². The third-order valence-electron chi connectivity index (χ3n) is 2.18. The molecule has 0 spiro atoms. The minimum atomic E-state index is -1.41. The summed E-state index contributed by atoms with van der Waals surface area (Å²) in [4.78, 5) is 0. The molecule has 0 bridgehead atoms. The zero-order chi connectivity index (χ0) is 11.6. The van der Waals surface area contributed by atoms with Crippen LogP contribution in [-0.2, 0) is 5.41 Å². The van der Waals surface area contributed by atoms with Gasteiger partial charge in [0.2, 0.25) is 0 Å². The van der Waals surface area contributed by atoms with Gasteiger partial charge in [0, 0.05) is 5.56 Å². The van der Waals surface area contributed by atoms with Crippen LogP contribution in [0.2, 0.25) is 0 Å². The van der Waals surface area contributed by atoms with E-state index >= 15 is 0 Å². The Morgan fingerprint density at radius 2 is 1.80 bits per heavy atom. The largest absolute Gasteiger partial charge is 0.444 e. The maximum Gasteiger partial charge on any atom is 0.284 e. The summed E-state index contributed by atoms with van der Waals surface area (Å²) < 4.78 is 5.50. The van der Waals surface area contributed by atoms with Crippen molar-refractivity contribution >= 4 is 29.3 Å². The lowest BCUT2D eigenvalue weighted by Crippen LogP contribution is -2.12. The number of hydrogen-bond acceptors (Lipinski definition) is 1. The first-order chi connectivity index (χ1) is 6.82. The molecule has 0 aliphatic heterocycles. The first-order valence-electron chi connectivity index (χ1n) is 4.72. The molecule has 84 valence electrons. The number of para-hydroxylation sites is 1. The topological polar surface area (TPSA) is 9.23 Å². The van der Waals surface area contributed by atoms with Gasteiger partial charge < -0.3 is 4.52 Å². The highest BCUT2D eigenvalue weighted by atomic mass is 35.9. The van der Waals surface area contributed by atoms with Crippen LogP contribution >= 0.6 is 29.3 Å². The Labute approximate surface area is 102 Å². The SMILES string of the molecule is Cc1cccc(C(C)(C)C)c1OP(Cl)Cl. The average molecular weight is 265 g/mol. The fourth-order valence-corrected chi connectivity index (χ4v) is 2.23. The molecule has 0 amide bonds. The summed E-state index contributed by atoms with van der Waals surface area (Å²) in [6.07, 6.45) is 0. The maximum atomic E-state index is 5.71. The standard InChI is InChI=1S/C11H15Cl2OP/c1-8-6-5-7-9(11(2,3)4)10(8)14-15(12)13/h5-7H,1-4H3. The molecule has 0 aliphatic rings. The molecular formula is C11H15Cl2OP. The Morgan fingerprint density at radius 3 is 2.27 bits per heavy atom. The van der Waals surface area contributed by atoms with E-state index in [1.165, 1.54) is 0 Å². The highest BCUT2D eigenvalue weighted by Crippen LogP contribution is 2.50. The highest BCUT2D eigenvalue weighted by Gasteiger charge is 2.21. The Hall–Kier alpha value is 0.0300. The minimum absolute atomic E-state index is 0.0282. The molecule has 1 nitrogen and oxygen atoms in total. The van der Waals surface area contributed by atoms with Crippen LogP contribution in [0, 0.1) is 6.92 Å². The third kappa shape index (κ3) is 3.52. The Kier molecular flexibility index (Phi) is 4.29. The lowest BCUT2D eigenvalue weighted by atomic mass is 9.85. The summed E-state index contributed by atoms with van der Waals surface area (Å²) in [5, 5.41) is 0. The first-order valence-corrected chi connectivity index (χ1v) is 7.79. The summed E-state index contributed by atoms with van der Waals surface area (Å²) in [5.74, 6) is 0.820. The van der Waals surface area contributed by atoms with Gasteiger partial charge in [0.25, 0.3) is 6.85 Å². The normalized spacial score (nSPS) is 11.9. The van der Waals surface area contributed by atoms with Crippen LogP contribution < -0.4 is 4.52 Å². The highest BCUT2D eigenvalue weighted by molar-refractivity contribution is 8.00. The molecule has 0 atom stereocenters. The van der Waals surface area contributed by atoms with Crippen LogP contribution in [0.1, 0.15) is 31.9 Å². The molecule has 0 N–H and O–H groups in total. The van der Waals surface area contributed by atoms with Crippen LogP contribution in [0.25, 0.3) is 0 Å². The van der Waals surface area contributed by atoms with Crippen molar-refractivity contribution in [3.8, 4) is 5.75 Å². The van der Waals surface area contributed by atoms with Gasteiger partial charge in [-0.1, -0.05) is 39.0 Å². The van der Waals surface area contributed by atoms with Crippen molar-refractivity contribution in [2.24, 2.45) is 0 Å². The van der Waals surface area contributed by atoms with Gasteiger partial charge in [0.1, 0.15) is 5.75 Å². The van der Waals surface area contributed by atoms with Gasteiger partial charge in [-0.05, 0) is 40.4 Å². The second kappa shape index (κ2) is 4.91. The van der Waals surface area contributed by atoms with E-state index in [-0.39, 0.29) is 5.41 Å². The Balaban J connectivity index is 3.21. The van der Waals surface area contributed by atoms with Crippen molar-refractivity contribution in [3.05, 3.63) is 29.3 Å². The van der Waals surface area contributed by atoms with E-state index in [4.69, 9.17) is 27.0 Å². The van der Waals surface area contributed by atoms with E-state index in [1.807, 2.05) is 19.1 Å². The van der Waals surface area contributed by atoms with Crippen molar-refractivity contribution < 1.29 is 4.52 Å². The number of aryl methyl sites for hydroxylation is 1. The minimum Gasteiger partial charge on any atom is -0.444 e. The van der Waals surface area contributed by atoms with Crippen LogP contribution in [0.5, 0.6) is 5.75 Å². The molecule has 0 aliphatic carbocycles. The lowest BCUT2D eigenvalue weighted by molar-refractivity contribution is 0.540. The zero-order valence-electron chi connectivity index (χ0n) is 9.34. The summed E-state index contributed by atoms with van der Waals surface area (Å²) in [7, 11) is 0. The van der Waals surface area contributed by atoms with Gasteiger partial charge in [-0.2, -0.15) is 0 Å². The van der Waals surface area contributed by atoms with Crippen molar-refractivity contribution in [1.29, 1.82) is 0 Å². The number of benzene rings is 1. The maximum absolute atomic E-state index is 5.71. The monoisotopic (exact) mass is 264 g/mol. The first kappa shape index (κ1) is 13.1. The summed E-state index contributed by atoms with van der Waals surface area (Å²) in [5.41, 5.74) is 2.23. The van der Waals surface area contributed by atoms with E-state index in [0.29, 0.717) is 0 Å². The van der Waals surface area contributed by atoms with Crippen LogP contribution in [-0.4, -0.2) is 0 Å². The Bertz CT molecular complexity index is 345. The van der Waals surface area contributed by atoms with E-state index in [9.17, 15) is 0 Å². The number of halogens is 2. The molecule has 1 rings (SSSR count). The molecule has 4 heteroatoms. The molecule has 0 fully saturated rings. The molecule has 0 unspecified atom stereocenters. The average Bonchev–Trinajstić information content (AvgIpc) is 2.05. The van der Waals surface area contributed by atoms with Crippen LogP contribution in [0.3, 0.4) is 0 Å². The van der Waals surface area contributed by atoms with Crippen molar-refractivity contribution in [2.45, 2.75) is 33.1 Å². The zero-order valence-corrected chi connectivity index (χ0v) is 11.7. The lowest BCUT2D eigenvalue weighted by Gasteiger charge is -2.24. The van der Waals surface area contributed by atoms with Crippen molar-refractivity contribution in [1.82, 2.24) is 0 Å². The Morgan fingerprint density at radius 1 is 1.20 bits per heavy atom. The van der Waals surface area contributed by atoms with Gasteiger partial charge >= 0.3 is 0 Å². The van der Waals surface area contributed by atoms with Crippen LogP contribution in [0.4, 0.5) is 0 Å². The number of hydrogen-bond donors (Lipinski definition) is 0. The van der Waals surface area contributed by atoms with Gasteiger partial charge in [-0.25, -0.2) is 0 Å². The fourth-order valence-electron chi connectivity index (χ4n) is 1.43. The number of rotatable bonds is 2. The predicted octanol–water partition coefficient (Wildman–Crippen LogP) is 5.38. The molecule has 15 heavy (non-hydrogen) atoms. The van der Waals surface area contributed by atoms with E-state index in [2.05, 4.69) is 26.8 Å². The smallest absolute Gasteiger partial charge is 0.284 e. The molecule has 0 saturated heterocycles. The van der Waals surface area contributed by atoms with Crippen molar-refractivity contribution in [3.63, 3.8) is 0 Å². The second-order valence-electron chi connectivity index (χ2n) is 4.49. The van der Waals surface area contributed by atoms with Gasteiger partial charge in [-0.3, -0.25) is 0 Å². The van der Waals surface area contributed by atoms with Gasteiger partial charge in [0.05, 0.1) is 0 Å². The third-order valence-corrected chi connectivity index (χ3v) is 2.91. The van der Waals surface area contributed by atoms with Gasteiger partial charge in [0.15, 0.2) is 0 Å². The molecule has 0 heterocycles. The second-order valence-corrected chi connectivity index (χ2v) is 7.44. The molecule has 1 aromatic carbocycles. The van der Waals surface area contributed by atoms with E-state index in [1.54, 1.807) is 0 Å². The molecule has 0 aromatic heterocycles. The fraction of sp³-hybridized carbons (Fsp3) is 0.455. The molecule has 0 saturated carbocycles. The van der Waals surface area contributed by atoms with Crippen molar-refractivity contribution in [2.75, 3.05) is 0 Å².